The molecule has 2 amide bonds. The van der Waals surface area contributed by atoms with E-state index in [1.54, 1.807) is 0 Å². The Labute approximate surface area is 192 Å². The monoisotopic (exact) mass is 450 g/mol. The van der Waals surface area contributed by atoms with Crippen LogP contribution in [0, 0.1) is 5.92 Å². The van der Waals surface area contributed by atoms with Crippen LogP contribution in [-0.4, -0.2) is 82.4 Å². The lowest BCUT2D eigenvalue weighted by Crippen LogP contribution is -2.71. The summed E-state index contributed by atoms with van der Waals surface area (Å²) in [7, 11) is 0. The predicted molar refractivity (Wildman–Crippen MR) is 122 cm³/mol. The number of rotatable bonds is 4. The molecule has 5 fully saturated rings. The van der Waals surface area contributed by atoms with Gasteiger partial charge in [0.2, 0.25) is 5.91 Å². The first-order valence-electron chi connectivity index (χ1n) is 12.8. The van der Waals surface area contributed by atoms with Gasteiger partial charge in [-0.2, -0.15) is 0 Å². The van der Waals surface area contributed by atoms with Gasteiger partial charge >= 0.3 is 0 Å². The number of piperidine rings is 1. The Morgan fingerprint density at radius 3 is 2.42 bits per heavy atom. The lowest BCUT2D eigenvalue weighted by molar-refractivity contribution is -0.167. The highest BCUT2D eigenvalue weighted by molar-refractivity contribution is 6.20. The van der Waals surface area contributed by atoms with Crippen molar-refractivity contribution in [3.8, 4) is 0 Å². The molecule has 2 atom stereocenters. The normalized spacial score (nSPS) is 38.5. The molecule has 31 heavy (non-hydrogen) atoms. The van der Waals surface area contributed by atoms with Crippen molar-refractivity contribution in [2.24, 2.45) is 5.92 Å². The number of halogens is 1. The molecule has 174 valence electrons. The van der Waals surface area contributed by atoms with Crippen LogP contribution in [0.2, 0.25) is 0 Å². The Morgan fingerprint density at radius 2 is 1.71 bits per heavy atom. The highest BCUT2D eigenvalue weighted by atomic mass is 35.5. The van der Waals surface area contributed by atoms with Gasteiger partial charge < -0.3 is 15.1 Å². The van der Waals surface area contributed by atoms with Crippen LogP contribution in [0.5, 0.6) is 0 Å². The zero-order chi connectivity index (χ0) is 21.4. The molecular weight excluding hydrogens is 412 g/mol. The van der Waals surface area contributed by atoms with Crippen molar-refractivity contribution in [2.45, 2.75) is 100 Å². The van der Waals surface area contributed by atoms with Crippen molar-refractivity contribution in [1.82, 2.24) is 20.0 Å². The molecule has 2 aliphatic carbocycles. The number of likely N-dealkylation sites (tertiary alicyclic amines) is 1. The molecule has 3 heterocycles. The van der Waals surface area contributed by atoms with Crippen LogP contribution in [0.4, 0.5) is 0 Å². The maximum Gasteiger partial charge on any atom is 0.250 e. The van der Waals surface area contributed by atoms with E-state index in [1.165, 1.54) is 25.7 Å². The molecule has 0 radical (unpaired) electrons. The lowest BCUT2D eigenvalue weighted by Gasteiger charge is -2.50. The summed E-state index contributed by atoms with van der Waals surface area (Å²) in [5.41, 5.74) is -0.658. The minimum absolute atomic E-state index is 0.179. The second-order valence-corrected chi connectivity index (χ2v) is 11.3. The van der Waals surface area contributed by atoms with Gasteiger partial charge in [-0.25, -0.2) is 0 Å². The summed E-state index contributed by atoms with van der Waals surface area (Å²) in [6.07, 6.45) is 13.4. The van der Waals surface area contributed by atoms with E-state index in [0.29, 0.717) is 18.6 Å². The first-order valence-corrected chi connectivity index (χ1v) is 13.2. The molecule has 6 nitrogen and oxygen atoms in total. The van der Waals surface area contributed by atoms with Crippen molar-refractivity contribution in [3.63, 3.8) is 0 Å². The van der Waals surface area contributed by atoms with Gasteiger partial charge in [0.15, 0.2) is 0 Å². The summed E-state index contributed by atoms with van der Waals surface area (Å²) in [5.74, 6) is 0.893. The molecular formula is C24H39ClN4O2. The summed E-state index contributed by atoms with van der Waals surface area (Å²) in [6, 6.07) is 0.268. The quantitative estimate of drug-likeness (QED) is 0.669. The molecule has 3 saturated heterocycles. The van der Waals surface area contributed by atoms with Crippen LogP contribution in [0.15, 0.2) is 0 Å². The zero-order valence-corrected chi connectivity index (χ0v) is 19.6. The molecule has 0 bridgehead atoms. The number of nitrogens with one attached hydrogen (secondary N) is 1. The van der Waals surface area contributed by atoms with Gasteiger partial charge in [-0.1, -0.05) is 12.8 Å². The number of hydrogen-bond acceptors (Lipinski definition) is 4. The highest BCUT2D eigenvalue weighted by Gasteiger charge is 2.57. The molecule has 1 spiro atoms. The third-order valence-electron chi connectivity index (χ3n) is 8.77. The van der Waals surface area contributed by atoms with Gasteiger partial charge in [-0.3, -0.25) is 14.5 Å². The van der Waals surface area contributed by atoms with Gasteiger partial charge in [0.05, 0.1) is 6.17 Å². The highest BCUT2D eigenvalue weighted by Crippen LogP contribution is 2.40. The molecule has 0 aromatic rings. The number of amides is 2. The molecule has 5 rings (SSSR count). The zero-order valence-electron chi connectivity index (χ0n) is 18.9. The SMILES string of the molecule is O=C1CN(C2CCCC2)C(=O)C2(CCN(C3CCCCN3)C2)N1CC1CCC(Cl)CC1. The minimum atomic E-state index is -0.658. The second-order valence-electron chi connectivity index (χ2n) is 10.7. The molecule has 2 unspecified atom stereocenters. The fourth-order valence-corrected chi connectivity index (χ4v) is 7.15. The van der Waals surface area contributed by atoms with E-state index in [9.17, 15) is 9.59 Å². The number of alkyl halides is 1. The first kappa shape index (κ1) is 22.0. The number of piperazine rings is 1. The third kappa shape index (κ3) is 4.24. The van der Waals surface area contributed by atoms with E-state index < -0.39 is 5.54 Å². The maximum atomic E-state index is 14.1. The number of hydrogen-bond donors (Lipinski definition) is 1. The van der Waals surface area contributed by atoms with E-state index in [1.807, 2.05) is 9.80 Å². The maximum absolute atomic E-state index is 14.1. The first-order chi connectivity index (χ1) is 15.1. The molecule has 0 aromatic carbocycles. The average Bonchev–Trinajstić information content (AvgIpc) is 3.47. The van der Waals surface area contributed by atoms with Crippen LogP contribution >= 0.6 is 11.6 Å². The largest absolute Gasteiger partial charge is 0.328 e. The lowest BCUT2D eigenvalue weighted by atomic mass is 9.84. The fraction of sp³-hybridized carbons (Fsp3) is 0.917. The van der Waals surface area contributed by atoms with E-state index in [-0.39, 0.29) is 29.8 Å². The van der Waals surface area contributed by atoms with Crippen molar-refractivity contribution < 1.29 is 9.59 Å². The van der Waals surface area contributed by atoms with Gasteiger partial charge in [0.25, 0.3) is 5.91 Å². The van der Waals surface area contributed by atoms with E-state index in [4.69, 9.17) is 11.6 Å². The van der Waals surface area contributed by atoms with Gasteiger partial charge in [0.1, 0.15) is 12.1 Å². The summed E-state index contributed by atoms with van der Waals surface area (Å²) in [5, 5.41) is 3.94. The van der Waals surface area contributed by atoms with Crippen molar-refractivity contribution >= 4 is 23.4 Å². The number of carbonyl (C=O) groups excluding carboxylic acids is 2. The molecule has 5 aliphatic rings. The predicted octanol–water partition coefficient (Wildman–Crippen LogP) is 2.94. The van der Waals surface area contributed by atoms with E-state index >= 15 is 0 Å². The summed E-state index contributed by atoms with van der Waals surface area (Å²) < 4.78 is 0. The van der Waals surface area contributed by atoms with E-state index in [0.717, 1.165) is 71.0 Å². The molecule has 2 saturated carbocycles. The van der Waals surface area contributed by atoms with E-state index in [2.05, 4.69) is 10.2 Å². The average molecular weight is 451 g/mol. The minimum Gasteiger partial charge on any atom is -0.328 e. The molecule has 1 N–H and O–H groups in total. The van der Waals surface area contributed by atoms with Crippen molar-refractivity contribution in [3.05, 3.63) is 0 Å². The second kappa shape index (κ2) is 9.18. The van der Waals surface area contributed by atoms with Gasteiger partial charge in [0, 0.05) is 31.1 Å². The summed E-state index contributed by atoms with van der Waals surface area (Å²) in [4.78, 5) is 34.1. The smallest absolute Gasteiger partial charge is 0.250 e. The molecule has 3 aliphatic heterocycles. The topological polar surface area (TPSA) is 55.9 Å². The Kier molecular flexibility index (Phi) is 6.51. The van der Waals surface area contributed by atoms with Crippen LogP contribution in [-0.2, 0) is 9.59 Å². The van der Waals surface area contributed by atoms with Gasteiger partial charge in [-0.15, -0.1) is 11.6 Å². The van der Waals surface area contributed by atoms with Crippen LogP contribution in [0.1, 0.15) is 77.0 Å². The van der Waals surface area contributed by atoms with Crippen molar-refractivity contribution in [1.29, 1.82) is 0 Å². The van der Waals surface area contributed by atoms with Gasteiger partial charge in [-0.05, 0) is 76.7 Å². The fourth-order valence-electron chi connectivity index (χ4n) is 6.90. The van der Waals surface area contributed by atoms with Crippen molar-refractivity contribution in [2.75, 3.05) is 32.7 Å². The Bertz CT molecular complexity index is 670. The molecule has 0 aromatic heterocycles. The Morgan fingerprint density at radius 1 is 0.968 bits per heavy atom. The van der Waals surface area contributed by atoms with Crippen LogP contribution in [0.3, 0.4) is 0 Å². The van der Waals surface area contributed by atoms with Crippen LogP contribution < -0.4 is 5.32 Å². The number of carbonyl (C=O) groups is 2. The van der Waals surface area contributed by atoms with Crippen LogP contribution in [0.25, 0.3) is 0 Å². The third-order valence-corrected chi connectivity index (χ3v) is 9.20. The number of nitrogens with zero attached hydrogens (tertiary/aromatic N) is 3. The Balaban J connectivity index is 1.38. The standard InChI is InChI=1S/C24H39ClN4O2/c25-19-10-8-18(9-11-19)15-29-22(30)16-28(20-5-1-2-6-20)23(31)24(29)12-14-27(17-24)21-7-3-4-13-26-21/h18-21,26H,1-17H2. The molecule has 7 heteroatoms. The summed E-state index contributed by atoms with van der Waals surface area (Å²) in [6.45, 7) is 3.68. The Hall–Kier alpha value is -0.850. The summed E-state index contributed by atoms with van der Waals surface area (Å²) >= 11 is 6.34.